The molecule has 0 atom stereocenters. The largest absolute Gasteiger partial charge is 0.278 e. The average Bonchev–Trinajstić information content (AvgIpc) is 2.54. The number of aryl methyl sites for hydroxylation is 1. The summed E-state index contributed by atoms with van der Waals surface area (Å²) < 4.78 is 0. The van der Waals surface area contributed by atoms with Crippen LogP contribution in [0.4, 0.5) is 0 Å². The number of hydrogen-bond donors (Lipinski definition) is 1. The van der Waals surface area contributed by atoms with Gasteiger partial charge in [-0.25, -0.2) is 0 Å². The molecule has 0 saturated carbocycles. The Morgan fingerprint density at radius 2 is 2.31 bits per heavy atom. The van der Waals surface area contributed by atoms with Gasteiger partial charge in [0.1, 0.15) is 0 Å². The molecule has 2 nitrogen and oxygen atoms in total. The second-order valence-electron chi connectivity index (χ2n) is 3.15. The van der Waals surface area contributed by atoms with Crippen molar-refractivity contribution in [3.05, 3.63) is 28.4 Å². The molecule has 0 aliphatic heterocycles. The fourth-order valence-electron chi connectivity index (χ4n) is 1.68. The molecular formula is C10H11ClN2. The predicted octanol–water partition coefficient (Wildman–Crippen LogP) is 3.09. The summed E-state index contributed by atoms with van der Waals surface area (Å²) in [6, 6.07) is 1.93. The third-order valence-corrected chi connectivity index (χ3v) is 2.82. The van der Waals surface area contributed by atoms with E-state index in [2.05, 4.69) is 17.1 Å². The molecule has 0 spiro atoms. The molecule has 1 N–H and O–H groups in total. The van der Waals surface area contributed by atoms with Gasteiger partial charge in [0.15, 0.2) is 0 Å². The van der Waals surface area contributed by atoms with E-state index in [9.17, 15) is 0 Å². The van der Waals surface area contributed by atoms with E-state index in [1.165, 1.54) is 10.9 Å². The molecule has 1 aromatic carbocycles. The highest BCUT2D eigenvalue weighted by Gasteiger charge is 2.08. The Morgan fingerprint density at radius 1 is 1.54 bits per heavy atom. The lowest BCUT2D eigenvalue weighted by Gasteiger charge is -2.06. The van der Waals surface area contributed by atoms with Crippen molar-refractivity contribution in [3.8, 4) is 0 Å². The van der Waals surface area contributed by atoms with E-state index < -0.39 is 0 Å². The van der Waals surface area contributed by atoms with Gasteiger partial charge in [0.25, 0.3) is 0 Å². The van der Waals surface area contributed by atoms with E-state index in [1.54, 1.807) is 0 Å². The molecule has 0 amide bonds. The van der Waals surface area contributed by atoms with Crippen LogP contribution in [0.5, 0.6) is 0 Å². The highest BCUT2D eigenvalue weighted by atomic mass is 35.5. The Morgan fingerprint density at radius 3 is 3.00 bits per heavy atom. The standard InChI is InChI=1S/C10H11ClN2/c1-3-7-6(2)9(11)4-10-8(7)5-12-13-10/h4-5H,3H2,1-2H3,(H,12,13). The number of nitrogens with one attached hydrogen (secondary N) is 1. The van der Waals surface area contributed by atoms with Gasteiger partial charge in [-0.2, -0.15) is 5.10 Å². The van der Waals surface area contributed by atoms with Crippen LogP contribution in [0.3, 0.4) is 0 Å². The normalized spacial score (nSPS) is 11.0. The first-order valence-electron chi connectivity index (χ1n) is 4.35. The second-order valence-corrected chi connectivity index (χ2v) is 3.55. The van der Waals surface area contributed by atoms with E-state index >= 15 is 0 Å². The third kappa shape index (κ3) is 1.22. The van der Waals surface area contributed by atoms with Gasteiger partial charge in [0.05, 0.1) is 11.7 Å². The van der Waals surface area contributed by atoms with Crippen molar-refractivity contribution in [2.75, 3.05) is 0 Å². The lowest BCUT2D eigenvalue weighted by Crippen LogP contribution is -1.88. The summed E-state index contributed by atoms with van der Waals surface area (Å²) >= 11 is 6.08. The monoisotopic (exact) mass is 194 g/mol. The topological polar surface area (TPSA) is 28.7 Å². The number of aromatic nitrogens is 2. The molecule has 1 heterocycles. The Hall–Kier alpha value is -1.02. The van der Waals surface area contributed by atoms with Crippen molar-refractivity contribution < 1.29 is 0 Å². The van der Waals surface area contributed by atoms with Crippen LogP contribution < -0.4 is 0 Å². The van der Waals surface area contributed by atoms with Gasteiger partial charge in [-0.3, -0.25) is 5.10 Å². The Labute approximate surface area is 81.9 Å². The molecule has 1 aromatic heterocycles. The molecule has 68 valence electrons. The van der Waals surface area contributed by atoms with Gasteiger partial charge >= 0.3 is 0 Å². The van der Waals surface area contributed by atoms with Crippen molar-refractivity contribution >= 4 is 22.5 Å². The van der Waals surface area contributed by atoms with Crippen molar-refractivity contribution in [1.29, 1.82) is 0 Å². The van der Waals surface area contributed by atoms with Crippen LogP contribution >= 0.6 is 11.6 Å². The van der Waals surface area contributed by atoms with E-state index in [1.807, 2.05) is 19.2 Å². The zero-order chi connectivity index (χ0) is 9.42. The second kappa shape index (κ2) is 3.04. The van der Waals surface area contributed by atoms with Crippen LogP contribution in [0.15, 0.2) is 12.3 Å². The molecular weight excluding hydrogens is 184 g/mol. The van der Waals surface area contributed by atoms with Crippen LogP contribution in [0, 0.1) is 6.92 Å². The molecule has 0 aliphatic rings. The Bertz CT molecular complexity index is 445. The molecule has 0 saturated heterocycles. The lowest BCUT2D eigenvalue weighted by atomic mass is 10.0. The molecule has 0 fully saturated rings. The third-order valence-electron chi connectivity index (χ3n) is 2.43. The highest BCUT2D eigenvalue weighted by molar-refractivity contribution is 6.32. The van der Waals surface area contributed by atoms with Crippen LogP contribution in [0.2, 0.25) is 5.02 Å². The first kappa shape index (κ1) is 8.57. The molecule has 0 radical (unpaired) electrons. The minimum absolute atomic E-state index is 0.814. The molecule has 2 rings (SSSR count). The number of hydrogen-bond acceptors (Lipinski definition) is 1. The average molecular weight is 195 g/mol. The van der Waals surface area contributed by atoms with Gasteiger partial charge in [0.2, 0.25) is 0 Å². The number of aromatic amines is 1. The number of halogens is 1. The zero-order valence-corrected chi connectivity index (χ0v) is 8.44. The van der Waals surface area contributed by atoms with Crippen molar-refractivity contribution in [2.45, 2.75) is 20.3 Å². The number of fused-ring (bicyclic) bond motifs is 1. The van der Waals surface area contributed by atoms with Gasteiger partial charge in [-0.1, -0.05) is 18.5 Å². The summed E-state index contributed by atoms with van der Waals surface area (Å²) in [5.41, 5.74) is 3.47. The molecule has 3 heteroatoms. The maximum atomic E-state index is 6.08. The Kier molecular flexibility index (Phi) is 2.00. The van der Waals surface area contributed by atoms with E-state index in [4.69, 9.17) is 11.6 Å². The van der Waals surface area contributed by atoms with Crippen molar-refractivity contribution in [2.24, 2.45) is 0 Å². The van der Waals surface area contributed by atoms with E-state index in [0.29, 0.717) is 0 Å². The van der Waals surface area contributed by atoms with Crippen LogP contribution in [0.1, 0.15) is 18.1 Å². The minimum Gasteiger partial charge on any atom is -0.278 e. The summed E-state index contributed by atoms with van der Waals surface area (Å²) in [4.78, 5) is 0. The summed E-state index contributed by atoms with van der Waals surface area (Å²) in [5.74, 6) is 0. The van der Waals surface area contributed by atoms with Gasteiger partial charge in [-0.05, 0) is 30.5 Å². The Balaban J connectivity index is 2.87. The minimum atomic E-state index is 0.814. The first-order chi connectivity index (χ1) is 6.24. The quantitative estimate of drug-likeness (QED) is 0.743. The van der Waals surface area contributed by atoms with Gasteiger partial charge < -0.3 is 0 Å². The zero-order valence-electron chi connectivity index (χ0n) is 7.69. The number of nitrogens with zero attached hydrogens (tertiary/aromatic N) is 1. The molecule has 0 bridgehead atoms. The first-order valence-corrected chi connectivity index (χ1v) is 4.73. The molecule has 13 heavy (non-hydrogen) atoms. The smallest absolute Gasteiger partial charge is 0.0668 e. The maximum Gasteiger partial charge on any atom is 0.0668 e. The van der Waals surface area contributed by atoms with Crippen LogP contribution in [-0.2, 0) is 6.42 Å². The molecule has 0 aliphatic carbocycles. The summed E-state index contributed by atoms with van der Waals surface area (Å²) in [6.07, 6.45) is 2.85. The lowest BCUT2D eigenvalue weighted by molar-refractivity contribution is 1.12. The summed E-state index contributed by atoms with van der Waals surface area (Å²) in [7, 11) is 0. The fraction of sp³-hybridized carbons (Fsp3) is 0.300. The summed E-state index contributed by atoms with van der Waals surface area (Å²) in [6.45, 7) is 4.18. The van der Waals surface area contributed by atoms with Crippen molar-refractivity contribution in [1.82, 2.24) is 10.2 Å². The molecule has 0 unspecified atom stereocenters. The number of rotatable bonds is 1. The number of benzene rings is 1. The van der Waals surface area contributed by atoms with E-state index in [-0.39, 0.29) is 0 Å². The van der Waals surface area contributed by atoms with Crippen molar-refractivity contribution in [3.63, 3.8) is 0 Å². The SMILES string of the molecule is CCc1c(C)c(Cl)cc2[nH]ncc12. The number of H-pyrrole nitrogens is 1. The van der Waals surface area contributed by atoms with Crippen LogP contribution in [0.25, 0.3) is 10.9 Å². The van der Waals surface area contributed by atoms with Gasteiger partial charge in [-0.15, -0.1) is 0 Å². The highest BCUT2D eigenvalue weighted by Crippen LogP contribution is 2.27. The molecule has 2 aromatic rings. The van der Waals surface area contributed by atoms with Crippen LogP contribution in [-0.4, -0.2) is 10.2 Å². The van der Waals surface area contributed by atoms with Gasteiger partial charge in [0, 0.05) is 10.4 Å². The summed E-state index contributed by atoms with van der Waals surface area (Å²) in [5, 5.41) is 8.93. The maximum absolute atomic E-state index is 6.08. The van der Waals surface area contributed by atoms with E-state index in [0.717, 1.165) is 22.5 Å². The predicted molar refractivity (Wildman–Crippen MR) is 55.2 cm³/mol. The fourth-order valence-corrected chi connectivity index (χ4v) is 1.91.